The SMILES string of the molecule is FC(OC(F)(F)C(F)Cl)C(F)(F)F. The summed E-state index contributed by atoms with van der Waals surface area (Å²) in [7, 11) is 0. The van der Waals surface area contributed by atoms with Crippen LogP contribution in [0.5, 0.6) is 0 Å². The van der Waals surface area contributed by atoms with Gasteiger partial charge in [0, 0.05) is 0 Å². The van der Waals surface area contributed by atoms with Crippen LogP contribution >= 0.6 is 11.6 Å². The first-order valence-electron chi connectivity index (χ1n) is 2.62. The smallest absolute Gasteiger partial charge is 0.274 e. The lowest BCUT2D eigenvalue weighted by atomic mass is 10.6. The van der Waals surface area contributed by atoms with Crippen molar-refractivity contribution < 1.29 is 35.5 Å². The molecule has 0 aromatic heterocycles. The standard InChI is InChI=1S/C4H2ClF7O/c5-1(6)4(11,12)13-2(7)3(8,9)10/h1-2H. The van der Waals surface area contributed by atoms with Crippen LogP contribution in [0.15, 0.2) is 0 Å². The maximum Gasteiger partial charge on any atom is 0.445 e. The van der Waals surface area contributed by atoms with Gasteiger partial charge in [-0.05, 0) is 0 Å². The molecule has 0 bridgehead atoms. The van der Waals surface area contributed by atoms with Gasteiger partial charge in [0.2, 0.25) is 0 Å². The summed E-state index contributed by atoms with van der Waals surface area (Å²) in [4.78, 5) is 0. The van der Waals surface area contributed by atoms with Gasteiger partial charge in [0.25, 0.3) is 12.0 Å². The molecule has 9 heteroatoms. The molecule has 0 aromatic rings. The minimum Gasteiger partial charge on any atom is -0.274 e. The zero-order valence-corrected chi connectivity index (χ0v) is 6.34. The van der Waals surface area contributed by atoms with Crippen molar-refractivity contribution in [2.75, 3.05) is 0 Å². The van der Waals surface area contributed by atoms with Gasteiger partial charge < -0.3 is 0 Å². The van der Waals surface area contributed by atoms with Crippen LogP contribution in [0.4, 0.5) is 30.7 Å². The molecule has 0 heterocycles. The Kier molecular flexibility index (Phi) is 3.80. The Hall–Kier alpha value is -0.240. The molecule has 0 saturated carbocycles. The summed E-state index contributed by atoms with van der Waals surface area (Å²) < 4.78 is 83.2. The van der Waals surface area contributed by atoms with Crippen LogP contribution in [0, 0.1) is 0 Å². The minimum absolute atomic E-state index is 2.43. The average Bonchev–Trinajstić information content (AvgIpc) is 1.83. The van der Waals surface area contributed by atoms with Gasteiger partial charge in [-0.1, -0.05) is 11.6 Å². The third-order valence-corrected chi connectivity index (χ3v) is 1.03. The van der Waals surface area contributed by atoms with Crippen molar-refractivity contribution in [1.82, 2.24) is 0 Å². The molecule has 0 aliphatic carbocycles. The Morgan fingerprint density at radius 3 is 1.62 bits per heavy atom. The van der Waals surface area contributed by atoms with E-state index < -0.39 is 24.3 Å². The molecule has 13 heavy (non-hydrogen) atoms. The Morgan fingerprint density at radius 1 is 1.00 bits per heavy atom. The summed E-state index contributed by atoms with van der Waals surface area (Å²) in [5, 5.41) is 0. The topological polar surface area (TPSA) is 9.23 Å². The molecule has 1 nitrogen and oxygen atoms in total. The fraction of sp³-hybridized carbons (Fsp3) is 1.00. The lowest BCUT2D eigenvalue weighted by Crippen LogP contribution is -2.39. The second-order valence-corrected chi connectivity index (χ2v) is 2.22. The minimum atomic E-state index is -5.64. The Labute approximate surface area is 72.4 Å². The fourth-order valence-electron chi connectivity index (χ4n) is 0.256. The summed E-state index contributed by atoms with van der Waals surface area (Å²) in [6, 6.07) is 0. The van der Waals surface area contributed by atoms with Crippen LogP contribution in [0.25, 0.3) is 0 Å². The highest BCUT2D eigenvalue weighted by molar-refractivity contribution is 6.20. The fourth-order valence-corrected chi connectivity index (χ4v) is 0.308. The van der Waals surface area contributed by atoms with Crippen molar-refractivity contribution in [3.05, 3.63) is 0 Å². The molecule has 0 amide bonds. The van der Waals surface area contributed by atoms with Gasteiger partial charge in [0.1, 0.15) is 0 Å². The van der Waals surface area contributed by atoms with Crippen molar-refractivity contribution in [2.24, 2.45) is 0 Å². The molecule has 0 N–H and O–H groups in total. The summed E-state index contributed by atoms with van der Waals surface area (Å²) in [5.74, 6) is 0. The van der Waals surface area contributed by atoms with Crippen molar-refractivity contribution in [3.8, 4) is 0 Å². The molecule has 0 rings (SSSR count). The number of hydrogen-bond acceptors (Lipinski definition) is 1. The number of hydrogen-bond donors (Lipinski definition) is 0. The molecule has 80 valence electrons. The van der Waals surface area contributed by atoms with Crippen LogP contribution in [0.2, 0.25) is 0 Å². The van der Waals surface area contributed by atoms with E-state index in [1.807, 2.05) is 0 Å². The number of rotatable bonds is 3. The van der Waals surface area contributed by atoms with E-state index >= 15 is 0 Å². The Balaban J connectivity index is 4.28. The lowest BCUT2D eigenvalue weighted by molar-refractivity contribution is -0.364. The van der Waals surface area contributed by atoms with Gasteiger partial charge in [-0.3, -0.25) is 4.74 Å². The number of ether oxygens (including phenoxy) is 1. The zero-order valence-electron chi connectivity index (χ0n) is 5.59. The van der Waals surface area contributed by atoms with E-state index in [4.69, 9.17) is 0 Å². The van der Waals surface area contributed by atoms with E-state index in [9.17, 15) is 30.7 Å². The second-order valence-electron chi connectivity index (χ2n) is 1.84. The monoisotopic (exact) mass is 234 g/mol. The normalized spacial score (nSPS) is 18.5. The maximum absolute atomic E-state index is 11.9. The molecule has 0 aliphatic rings. The Morgan fingerprint density at radius 2 is 1.38 bits per heavy atom. The first kappa shape index (κ1) is 12.8. The van der Waals surface area contributed by atoms with Gasteiger partial charge in [-0.25, -0.2) is 8.78 Å². The first-order chi connectivity index (χ1) is 5.57. The van der Waals surface area contributed by atoms with Crippen LogP contribution in [0.3, 0.4) is 0 Å². The highest BCUT2D eigenvalue weighted by atomic mass is 35.5. The molecule has 0 aliphatic heterocycles. The van der Waals surface area contributed by atoms with Crippen LogP contribution in [-0.2, 0) is 4.74 Å². The van der Waals surface area contributed by atoms with E-state index in [0.29, 0.717) is 0 Å². The molecule has 0 fully saturated rings. The lowest BCUT2D eigenvalue weighted by Gasteiger charge is -2.20. The highest BCUT2D eigenvalue weighted by Crippen LogP contribution is 2.33. The number of halogens is 8. The molecule has 0 aromatic carbocycles. The molecule has 2 atom stereocenters. The van der Waals surface area contributed by atoms with E-state index in [1.54, 1.807) is 0 Å². The van der Waals surface area contributed by atoms with Crippen LogP contribution in [-0.4, -0.2) is 24.3 Å². The van der Waals surface area contributed by atoms with Crippen LogP contribution < -0.4 is 0 Å². The molecular weight excluding hydrogens is 232 g/mol. The average molecular weight is 234 g/mol. The third-order valence-electron chi connectivity index (χ3n) is 0.772. The molecule has 0 spiro atoms. The van der Waals surface area contributed by atoms with E-state index in [-0.39, 0.29) is 0 Å². The van der Waals surface area contributed by atoms with Gasteiger partial charge in [0.15, 0.2) is 0 Å². The van der Waals surface area contributed by atoms with E-state index in [2.05, 4.69) is 16.3 Å². The van der Waals surface area contributed by atoms with Gasteiger partial charge in [-0.15, -0.1) is 0 Å². The number of alkyl halides is 8. The molecular formula is C4H2ClF7O. The summed E-state index contributed by atoms with van der Waals surface area (Å²) in [6.45, 7) is 0. The molecule has 0 radical (unpaired) electrons. The van der Waals surface area contributed by atoms with Crippen LogP contribution in [0.1, 0.15) is 0 Å². The van der Waals surface area contributed by atoms with Crippen molar-refractivity contribution in [3.63, 3.8) is 0 Å². The molecule has 0 saturated heterocycles. The van der Waals surface area contributed by atoms with Gasteiger partial charge >= 0.3 is 12.3 Å². The maximum atomic E-state index is 11.9. The summed E-state index contributed by atoms with van der Waals surface area (Å²) >= 11 is 4.09. The van der Waals surface area contributed by atoms with Gasteiger partial charge in [-0.2, -0.15) is 22.0 Å². The summed E-state index contributed by atoms with van der Waals surface area (Å²) in [5.41, 5.74) is -3.55. The quantitative estimate of drug-likeness (QED) is 0.539. The van der Waals surface area contributed by atoms with Crippen molar-refractivity contribution in [2.45, 2.75) is 24.3 Å². The first-order valence-corrected chi connectivity index (χ1v) is 3.05. The van der Waals surface area contributed by atoms with Gasteiger partial charge in [0.05, 0.1) is 0 Å². The van der Waals surface area contributed by atoms with Crippen molar-refractivity contribution >= 4 is 11.6 Å². The van der Waals surface area contributed by atoms with Crippen molar-refractivity contribution in [1.29, 1.82) is 0 Å². The zero-order chi connectivity index (χ0) is 10.9. The predicted molar refractivity (Wildman–Crippen MR) is 27.7 cm³/mol. The predicted octanol–water partition coefficient (Wildman–Crippen LogP) is 2.99. The largest absolute Gasteiger partial charge is 0.445 e. The molecule has 2 unspecified atom stereocenters. The Bertz CT molecular complexity index is 166. The second kappa shape index (κ2) is 3.87. The summed E-state index contributed by atoms with van der Waals surface area (Å²) in [6.07, 6.45) is -14.9. The third kappa shape index (κ3) is 3.99. The van der Waals surface area contributed by atoms with E-state index in [0.717, 1.165) is 0 Å². The van der Waals surface area contributed by atoms with E-state index in [1.165, 1.54) is 0 Å². The highest BCUT2D eigenvalue weighted by Gasteiger charge is 2.51.